The van der Waals surface area contributed by atoms with Gasteiger partial charge in [0.15, 0.2) is 0 Å². The van der Waals surface area contributed by atoms with Gasteiger partial charge in [-0.2, -0.15) is 0 Å². The maximum Gasteiger partial charge on any atom is 0.314 e. The molecule has 0 bridgehead atoms. The number of unbranched alkanes of at least 4 members (excludes halogenated alkanes) is 2. The van der Waals surface area contributed by atoms with Crippen molar-refractivity contribution in [1.29, 1.82) is 0 Å². The van der Waals surface area contributed by atoms with Gasteiger partial charge in [0.25, 0.3) is 23.6 Å². The van der Waals surface area contributed by atoms with Crippen molar-refractivity contribution in [3.63, 3.8) is 0 Å². The number of rotatable bonds is 56. The second-order valence-corrected chi connectivity index (χ2v) is 21.3. The Hall–Kier alpha value is -7.53. The average molecular weight is 1310 g/mol. The van der Waals surface area contributed by atoms with Crippen LogP contribution in [0.4, 0.5) is 4.79 Å². The molecule has 0 spiro atoms. The summed E-state index contributed by atoms with van der Waals surface area (Å²) in [6.45, 7) is 12.2. The number of esters is 1. The highest BCUT2D eigenvalue weighted by atomic mass is 16.6. The zero-order valence-electron chi connectivity index (χ0n) is 53.2. The molecule has 0 aliphatic carbocycles. The number of nitrogens with one attached hydrogen (secondary N) is 8. The van der Waals surface area contributed by atoms with E-state index < -0.39 is 65.1 Å². The van der Waals surface area contributed by atoms with Gasteiger partial charge in [-0.25, -0.2) is 4.79 Å². The van der Waals surface area contributed by atoms with Gasteiger partial charge in [-0.15, -0.1) is 0 Å². The van der Waals surface area contributed by atoms with Crippen molar-refractivity contribution in [2.75, 3.05) is 158 Å². The van der Waals surface area contributed by atoms with Gasteiger partial charge < -0.3 is 90.3 Å². The molecule has 0 saturated carbocycles. The number of hydrogen-bond donors (Lipinski definition) is 9. The SMILES string of the molecule is CC(C)(C)OC(=O)CCCNC(=O)NCCCC(=O)NCC(=O)NCCOCCOCCOCCOCCOCCOCCOCCOCCC(=O)NCCCCCNC(=O)CCCNC(=O)C(C(C(=O)NCCCC(=O)O)N1C(=O)C=CC1=O)N1C(=O)C=CC1=O. The Bertz CT molecular complexity index is 2340. The second kappa shape index (κ2) is 50.1. The van der Waals surface area contributed by atoms with Gasteiger partial charge in [0, 0.05) is 102 Å². The number of nitrogens with zero attached hydrogens (tertiary/aromatic N) is 2. The molecule has 0 fully saturated rings. The first-order valence-electron chi connectivity index (χ1n) is 31.0. The Labute approximate surface area is 535 Å². The van der Waals surface area contributed by atoms with E-state index in [0.717, 1.165) is 24.3 Å². The second-order valence-electron chi connectivity index (χ2n) is 21.3. The minimum atomic E-state index is -2.00. The highest BCUT2D eigenvalue weighted by molar-refractivity contribution is 6.19. The molecule has 2 aliphatic heterocycles. The van der Waals surface area contributed by atoms with E-state index in [1.807, 2.05) is 0 Å². The first-order chi connectivity index (χ1) is 44.2. The number of carbonyl (C=O) groups is 13. The Morgan fingerprint density at radius 3 is 1.10 bits per heavy atom. The van der Waals surface area contributed by atoms with Crippen molar-refractivity contribution in [2.45, 2.75) is 116 Å². The fraction of sp³-hybridized carbons (Fsp3) is 0.712. The van der Waals surface area contributed by atoms with Crippen LogP contribution in [0.3, 0.4) is 0 Å². The molecule has 92 heavy (non-hydrogen) atoms. The minimum Gasteiger partial charge on any atom is -0.481 e. The molecule has 520 valence electrons. The third-order valence-electron chi connectivity index (χ3n) is 12.5. The third-order valence-corrected chi connectivity index (χ3v) is 12.5. The summed E-state index contributed by atoms with van der Waals surface area (Å²) in [5.41, 5.74) is -0.554. The van der Waals surface area contributed by atoms with Gasteiger partial charge in [-0.05, 0) is 65.7 Å². The fourth-order valence-corrected chi connectivity index (χ4v) is 8.09. The number of carbonyl (C=O) groups excluding carboxylic acids is 12. The van der Waals surface area contributed by atoms with Gasteiger partial charge in [0.2, 0.25) is 35.4 Å². The van der Waals surface area contributed by atoms with Crippen LogP contribution in [0, 0.1) is 0 Å². The molecule has 33 heteroatoms. The van der Waals surface area contributed by atoms with E-state index in [2.05, 4.69) is 42.5 Å². The predicted octanol–water partition coefficient (Wildman–Crippen LogP) is -2.19. The summed E-state index contributed by atoms with van der Waals surface area (Å²) >= 11 is 0. The summed E-state index contributed by atoms with van der Waals surface area (Å²) in [4.78, 5) is 162. The Morgan fingerprint density at radius 1 is 0.370 bits per heavy atom. The van der Waals surface area contributed by atoms with E-state index in [4.69, 9.17) is 47.7 Å². The third kappa shape index (κ3) is 40.4. The molecule has 12 amide bonds. The Balaban J connectivity index is 1.32. The summed E-state index contributed by atoms with van der Waals surface area (Å²) in [5.74, 6) is -8.64. The van der Waals surface area contributed by atoms with Gasteiger partial charge in [0.05, 0.1) is 112 Å². The van der Waals surface area contributed by atoms with Crippen LogP contribution >= 0.6 is 0 Å². The first-order valence-corrected chi connectivity index (χ1v) is 31.0. The number of amides is 12. The molecule has 2 aliphatic rings. The van der Waals surface area contributed by atoms with Crippen LogP contribution in [-0.2, 0) is 100 Å². The molecule has 2 unspecified atom stereocenters. The van der Waals surface area contributed by atoms with Crippen LogP contribution < -0.4 is 42.5 Å². The lowest BCUT2D eigenvalue weighted by Gasteiger charge is -2.35. The number of aliphatic carboxylic acids is 1. The van der Waals surface area contributed by atoms with E-state index in [-0.39, 0.29) is 120 Å². The highest BCUT2D eigenvalue weighted by Crippen LogP contribution is 2.21. The molecule has 0 radical (unpaired) electrons. The molecule has 0 saturated heterocycles. The van der Waals surface area contributed by atoms with Crippen LogP contribution in [0.25, 0.3) is 0 Å². The van der Waals surface area contributed by atoms with Crippen LogP contribution in [0.2, 0.25) is 0 Å². The van der Waals surface area contributed by atoms with Crippen molar-refractivity contribution in [1.82, 2.24) is 52.3 Å². The van der Waals surface area contributed by atoms with Crippen molar-refractivity contribution < 1.29 is 110 Å². The van der Waals surface area contributed by atoms with Crippen LogP contribution in [0.15, 0.2) is 24.3 Å². The predicted molar refractivity (Wildman–Crippen MR) is 324 cm³/mol. The van der Waals surface area contributed by atoms with Crippen LogP contribution in [0.1, 0.15) is 97.8 Å². The van der Waals surface area contributed by atoms with E-state index in [9.17, 15) is 62.3 Å². The molecular formula is C59H96N10O23. The number of hydrogen-bond acceptors (Lipinski definition) is 22. The largest absolute Gasteiger partial charge is 0.481 e. The van der Waals surface area contributed by atoms with Gasteiger partial charge in [-0.3, -0.25) is 67.3 Å². The van der Waals surface area contributed by atoms with E-state index >= 15 is 0 Å². The summed E-state index contributed by atoms with van der Waals surface area (Å²) < 4.78 is 49.0. The number of ether oxygens (including phenoxy) is 9. The fourth-order valence-electron chi connectivity index (χ4n) is 8.09. The zero-order valence-corrected chi connectivity index (χ0v) is 53.2. The molecule has 2 atom stereocenters. The van der Waals surface area contributed by atoms with Crippen molar-refractivity contribution in [2.24, 2.45) is 0 Å². The normalized spacial score (nSPS) is 13.4. The monoisotopic (exact) mass is 1310 g/mol. The van der Waals surface area contributed by atoms with Gasteiger partial charge in [0.1, 0.15) is 17.7 Å². The lowest BCUT2D eigenvalue weighted by Crippen LogP contribution is -2.65. The Kier molecular flexibility index (Phi) is 43.9. The van der Waals surface area contributed by atoms with Crippen molar-refractivity contribution in [3.05, 3.63) is 24.3 Å². The lowest BCUT2D eigenvalue weighted by molar-refractivity contribution is -0.156. The molecule has 9 N–H and O–H groups in total. The summed E-state index contributed by atoms with van der Waals surface area (Å²) in [6, 6.07) is -4.39. The molecule has 0 aromatic rings. The van der Waals surface area contributed by atoms with Crippen molar-refractivity contribution >= 4 is 77.0 Å². The average Bonchev–Trinajstić information content (AvgIpc) is 1.50. The smallest absolute Gasteiger partial charge is 0.314 e. The summed E-state index contributed by atoms with van der Waals surface area (Å²) in [5, 5.41) is 29.9. The number of carboxylic acids is 1. The summed E-state index contributed by atoms with van der Waals surface area (Å²) in [7, 11) is 0. The quantitative estimate of drug-likeness (QED) is 0.0177. The van der Waals surface area contributed by atoms with Crippen molar-refractivity contribution in [3.8, 4) is 0 Å². The zero-order chi connectivity index (χ0) is 67.6. The van der Waals surface area contributed by atoms with E-state index in [0.29, 0.717) is 154 Å². The van der Waals surface area contributed by atoms with E-state index in [1.165, 1.54) is 0 Å². The Morgan fingerprint density at radius 2 is 0.696 bits per heavy atom. The molecule has 33 nitrogen and oxygen atoms in total. The maximum absolute atomic E-state index is 13.6. The molecule has 2 rings (SSSR count). The van der Waals surface area contributed by atoms with Crippen LogP contribution in [-0.4, -0.2) is 268 Å². The van der Waals surface area contributed by atoms with E-state index in [1.54, 1.807) is 20.8 Å². The molecular weight excluding hydrogens is 1220 g/mol. The number of imide groups is 2. The lowest BCUT2D eigenvalue weighted by atomic mass is 10.0. The standard InChI is InChI=1S/C59H96N10O23/c1-59(2,3)92-53(80)14-10-25-66-58(83)65-24-8-12-45(71)67-43-47(73)62-26-28-85-30-32-87-34-36-89-38-40-91-42-41-90-39-37-88-35-33-86-31-29-84-27-19-46(72)61-21-6-4-5-20-60-44(70)11-7-22-63-56(81)54(68-48(74)15-16-49(68)75)55(69-50(76)17-18-51(69)77)57(82)64-23-9-13-52(78)79/h15-18,54-55H,4-14,19-43H2,1-3H3,(H,60,70)(H,61,72)(H,62,73)(H,63,81)(H,64,82)(H,67,71)(H,78,79)(H2,65,66,83). The maximum atomic E-state index is 13.6. The van der Waals surface area contributed by atoms with Gasteiger partial charge >= 0.3 is 18.0 Å². The summed E-state index contributed by atoms with van der Waals surface area (Å²) in [6.07, 6.45) is 6.55. The minimum absolute atomic E-state index is 0.0216. The highest BCUT2D eigenvalue weighted by Gasteiger charge is 2.50. The molecule has 2 heterocycles. The topological polar surface area (TPSA) is 428 Å². The van der Waals surface area contributed by atoms with Gasteiger partial charge in [-0.1, -0.05) is 0 Å². The molecule has 0 aromatic heterocycles. The first kappa shape index (κ1) is 80.6. The van der Waals surface area contributed by atoms with Crippen LogP contribution in [0.5, 0.6) is 0 Å². The molecule has 0 aromatic carbocycles. The number of urea groups is 1. The number of carboxylic acid groups (broad SMARTS) is 1.